The maximum atomic E-state index is 11.3. The van der Waals surface area contributed by atoms with E-state index in [1.807, 2.05) is 14.1 Å². The van der Waals surface area contributed by atoms with E-state index in [0.717, 1.165) is 31.7 Å². The summed E-state index contributed by atoms with van der Waals surface area (Å²) in [6.45, 7) is 0.906. The van der Waals surface area contributed by atoms with Crippen LogP contribution < -0.4 is 0 Å². The third-order valence-electron chi connectivity index (χ3n) is 2.37. The molecule has 1 saturated carbocycles. The zero-order chi connectivity index (χ0) is 8.97. The molecule has 0 atom stereocenters. The molecule has 2 nitrogen and oxygen atoms in total. The first kappa shape index (κ1) is 9.72. The minimum atomic E-state index is 0.440. The van der Waals surface area contributed by atoms with Crippen LogP contribution in [0.5, 0.6) is 0 Å². The molecule has 1 aliphatic rings. The summed E-state index contributed by atoms with van der Waals surface area (Å²) in [5.41, 5.74) is 0. The first-order valence-corrected chi connectivity index (χ1v) is 4.85. The highest BCUT2D eigenvalue weighted by atomic mass is 16.1. The number of ketones is 1. The van der Waals surface area contributed by atoms with Crippen molar-refractivity contribution in [2.75, 3.05) is 20.6 Å². The second kappa shape index (κ2) is 4.61. The fraction of sp³-hybridized carbons (Fsp3) is 0.900. The number of rotatable bonds is 6. The second-order valence-electron chi connectivity index (χ2n) is 4.07. The summed E-state index contributed by atoms with van der Waals surface area (Å²) in [6.07, 6.45) is 5.42. The largest absolute Gasteiger partial charge is 0.309 e. The van der Waals surface area contributed by atoms with Crippen molar-refractivity contribution >= 4 is 5.78 Å². The highest BCUT2D eigenvalue weighted by Crippen LogP contribution is 2.33. The zero-order valence-electron chi connectivity index (χ0n) is 8.18. The van der Waals surface area contributed by atoms with E-state index >= 15 is 0 Å². The molecule has 0 bridgehead atoms. The van der Waals surface area contributed by atoms with Gasteiger partial charge in [-0.3, -0.25) is 4.79 Å². The van der Waals surface area contributed by atoms with Crippen LogP contribution in [0.4, 0.5) is 0 Å². The summed E-state index contributed by atoms with van der Waals surface area (Å²) in [4.78, 5) is 13.3. The van der Waals surface area contributed by atoms with E-state index in [4.69, 9.17) is 0 Å². The fourth-order valence-electron chi connectivity index (χ4n) is 1.24. The summed E-state index contributed by atoms with van der Waals surface area (Å²) in [6, 6.07) is 0. The fourth-order valence-corrected chi connectivity index (χ4v) is 1.24. The molecule has 0 aromatic heterocycles. The van der Waals surface area contributed by atoms with Crippen molar-refractivity contribution in [2.24, 2.45) is 5.92 Å². The predicted octanol–water partition coefficient (Wildman–Crippen LogP) is 1.70. The molecule has 0 aliphatic heterocycles. The lowest BCUT2D eigenvalue weighted by Crippen LogP contribution is -2.16. The molecule has 1 rings (SSSR count). The van der Waals surface area contributed by atoms with Gasteiger partial charge in [0.15, 0.2) is 0 Å². The lowest BCUT2D eigenvalue weighted by Gasteiger charge is -2.07. The molecule has 1 fully saturated rings. The van der Waals surface area contributed by atoms with E-state index in [9.17, 15) is 4.79 Å². The highest BCUT2D eigenvalue weighted by Gasteiger charge is 2.21. The Morgan fingerprint density at radius 3 is 2.50 bits per heavy atom. The van der Waals surface area contributed by atoms with E-state index in [0.29, 0.717) is 5.78 Å². The number of nitrogens with zero attached hydrogens (tertiary/aromatic N) is 1. The predicted molar refractivity (Wildman–Crippen MR) is 50.1 cm³/mol. The van der Waals surface area contributed by atoms with Crippen LogP contribution in [-0.2, 0) is 4.79 Å². The third kappa shape index (κ3) is 4.50. The van der Waals surface area contributed by atoms with Crippen molar-refractivity contribution in [2.45, 2.75) is 32.1 Å². The Balaban J connectivity index is 1.95. The molecule has 0 heterocycles. The van der Waals surface area contributed by atoms with Crippen LogP contribution in [0.2, 0.25) is 0 Å². The van der Waals surface area contributed by atoms with Crippen molar-refractivity contribution in [3.63, 3.8) is 0 Å². The van der Waals surface area contributed by atoms with Crippen molar-refractivity contribution in [3.05, 3.63) is 0 Å². The van der Waals surface area contributed by atoms with Gasteiger partial charge in [0.1, 0.15) is 5.78 Å². The third-order valence-corrected chi connectivity index (χ3v) is 2.37. The Morgan fingerprint density at radius 1 is 1.33 bits per heavy atom. The Kier molecular flexibility index (Phi) is 3.73. The summed E-state index contributed by atoms with van der Waals surface area (Å²) < 4.78 is 0. The minimum absolute atomic E-state index is 0.440. The van der Waals surface area contributed by atoms with Crippen LogP contribution in [0.3, 0.4) is 0 Å². The monoisotopic (exact) mass is 169 g/mol. The molecular weight excluding hydrogens is 150 g/mol. The Bertz CT molecular complexity index is 142. The molecule has 0 unspecified atom stereocenters. The van der Waals surface area contributed by atoms with Gasteiger partial charge in [-0.1, -0.05) is 12.8 Å². The van der Waals surface area contributed by atoms with Crippen LogP contribution in [0.1, 0.15) is 32.1 Å². The molecule has 0 aromatic rings. The van der Waals surface area contributed by atoms with Gasteiger partial charge in [-0.05, 0) is 26.4 Å². The standard InChI is InChI=1S/C10H19NO/c1-11(2)8-7-10(12)6-5-9-3-4-9/h9H,3-8H2,1-2H3. The minimum Gasteiger partial charge on any atom is -0.309 e. The lowest BCUT2D eigenvalue weighted by molar-refractivity contribution is -0.119. The van der Waals surface area contributed by atoms with Crippen molar-refractivity contribution in [3.8, 4) is 0 Å². The van der Waals surface area contributed by atoms with Crippen LogP contribution in [0.15, 0.2) is 0 Å². The van der Waals surface area contributed by atoms with E-state index in [2.05, 4.69) is 4.90 Å². The van der Waals surface area contributed by atoms with Crippen LogP contribution in [-0.4, -0.2) is 31.3 Å². The van der Waals surface area contributed by atoms with Crippen LogP contribution in [0, 0.1) is 5.92 Å². The molecule has 2 heteroatoms. The topological polar surface area (TPSA) is 20.3 Å². The maximum absolute atomic E-state index is 11.3. The molecule has 1 aliphatic carbocycles. The van der Waals surface area contributed by atoms with Crippen molar-refractivity contribution in [1.82, 2.24) is 4.90 Å². The van der Waals surface area contributed by atoms with E-state index in [1.54, 1.807) is 0 Å². The molecule has 0 spiro atoms. The average molecular weight is 169 g/mol. The molecular formula is C10H19NO. The van der Waals surface area contributed by atoms with Gasteiger partial charge in [0.05, 0.1) is 0 Å². The molecule has 12 heavy (non-hydrogen) atoms. The molecule has 0 radical (unpaired) electrons. The zero-order valence-corrected chi connectivity index (χ0v) is 8.18. The summed E-state index contributed by atoms with van der Waals surface area (Å²) >= 11 is 0. The Labute approximate surface area is 74.9 Å². The van der Waals surface area contributed by atoms with Gasteiger partial charge >= 0.3 is 0 Å². The number of Topliss-reactive ketones (excluding diaryl/α,β-unsaturated/α-hetero) is 1. The van der Waals surface area contributed by atoms with E-state index < -0.39 is 0 Å². The van der Waals surface area contributed by atoms with Gasteiger partial charge < -0.3 is 4.90 Å². The SMILES string of the molecule is CN(C)CCC(=O)CCC1CC1. The number of hydrogen-bond donors (Lipinski definition) is 0. The van der Waals surface area contributed by atoms with Crippen molar-refractivity contribution < 1.29 is 4.79 Å². The van der Waals surface area contributed by atoms with E-state index in [1.165, 1.54) is 12.8 Å². The molecule has 0 aromatic carbocycles. The summed E-state index contributed by atoms with van der Waals surface area (Å²) in [7, 11) is 4.02. The molecule has 70 valence electrons. The first-order chi connectivity index (χ1) is 5.68. The van der Waals surface area contributed by atoms with Crippen LogP contribution >= 0.6 is 0 Å². The van der Waals surface area contributed by atoms with Gasteiger partial charge in [0.2, 0.25) is 0 Å². The molecule has 0 saturated heterocycles. The van der Waals surface area contributed by atoms with Gasteiger partial charge in [-0.2, -0.15) is 0 Å². The lowest BCUT2D eigenvalue weighted by atomic mass is 10.1. The Morgan fingerprint density at radius 2 is 2.00 bits per heavy atom. The first-order valence-electron chi connectivity index (χ1n) is 4.85. The normalized spacial score (nSPS) is 16.9. The van der Waals surface area contributed by atoms with Crippen LogP contribution in [0.25, 0.3) is 0 Å². The van der Waals surface area contributed by atoms with Gasteiger partial charge in [-0.15, -0.1) is 0 Å². The van der Waals surface area contributed by atoms with E-state index in [-0.39, 0.29) is 0 Å². The van der Waals surface area contributed by atoms with Gasteiger partial charge in [-0.25, -0.2) is 0 Å². The summed E-state index contributed by atoms with van der Waals surface area (Å²) in [5, 5.41) is 0. The maximum Gasteiger partial charge on any atom is 0.134 e. The molecule has 0 N–H and O–H groups in total. The van der Waals surface area contributed by atoms with Crippen molar-refractivity contribution in [1.29, 1.82) is 0 Å². The average Bonchev–Trinajstić information content (AvgIpc) is 2.80. The number of carbonyl (C=O) groups excluding carboxylic acids is 1. The summed E-state index contributed by atoms with van der Waals surface area (Å²) in [5.74, 6) is 1.34. The Hall–Kier alpha value is -0.370. The highest BCUT2D eigenvalue weighted by molar-refractivity contribution is 5.78. The van der Waals surface area contributed by atoms with Gasteiger partial charge in [0, 0.05) is 19.4 Å². The number of hydrogen-bond acceptors (Lipinski definition) is 2. The quantitative estimate of drug-likeness (QED) is 0.603. The molecule has 0 amide bonds. The second-order valence-corrected chi connectivity index (χ2v) is 4.07. The number of carbonyl (C=O) groups is 1. The van der Waals surface area contributed by atoms with Gasteiger partial charge in [0.25, 0.3) is 0 Å². The smallest absolute Gasteiger partial charge is 0.134 e.